The fraction of sp³-hybridized carbons (Fsp3) is 0.368. The average Bonchev–Trinajstić information content (AvgIpc) is 2.68. The molecule has 1 amide bonds. The van der Waals surface area contributed by atoms with Crippen molar-refractivity contribution in [3.05, 3.63) is 54.4 Å². The molecule has 0 bridgehead atoms. The van der Waals surface area contributed by atoms with Crippen molar-refractivity contribution in [1.82, 2.24) is 14.2 Å². The van der Waals surface area contributed by atoms with E-state index in [2.05, 4.69) is 15.2 Å². The smallest absolute Gasteiger partial charge is 0.243 e. The monoisotopic (exact) mass is 388 g/mol. The number of benzene rings is 1. The van der Waals surface area contributed by atoms with Crippen LogP contribution in [0.4, 0.5) is 5.69 Å². The summed E-state index contributed by atoms with van der Waals surface area (Å²) < 4.78 is 27.2. The number of nitrogens with one attached hydrogen (secondary N) is 1. The number of piperazine rings is 1. The van der Waals surface area contributed by atoms with E-state index in [1.54, 1.807) is 30.6 Å². The molecule has 2 heterocycles. The molecule has 0 saturated carbocycles. The number of rotatable bonds is 6. The second kappa shape index (κ2) is 8.60. The number of anilines is 1. The molecule has 8 heteroatoms. The molecule has 0 atom stereocenters. The van der Waals surface area contributed by atoms with Gasteiger partial charge in [-0.05, 0) is 43.3 Å². The van der Waals surface area contributed by atoms with Gasteiger partial charge in [-0.2, -0.15) is 4.31 Å². The number of carbonyl (C=O) groups excluding carboxylic acids is 1. The summed E-state index contributed by atoms with van der Waals surface area (Å²) in [6.45, 7) is 2.37. The van der Waals surface area contributed by atoms with Crippen LogP contribution in [0.5, 0.6) is 0 Å². The van der Waals surface area contributed by atoms with Crippen molar-refractivity contribution < 1.29 is 13.2 Å². The third-order valence-electron chi connectivity index (χ3n) is 4.58. The Labute approximate surface area is 160 Å². The molecule has 1 aliphatic heterocycles. The molecule has 1 fully saturated rings. The molecule has 1 aromatic carbocycles. The third-order valence-corrected chi connectivity index (χ3v) is 6.48. The number of hydrogen-bond donors (Lipinski definition) is 1. The fourth-order valence-corrected chi connectivity index (χ4v) is 4.41. The maximum atomic E-state index is 12.8. The number of sulfonamides is 1. The number of amides is 1. The zero-order valence-corrected chi connectivity index (χ0v) is 16.2. The number of aromatic nitrogens is 1. The molecule has 0 spiro atoms. The van der Waals surface area contributed by atoms with Gasteiger partial charge in [-0.3, -0.25) is 9.78 Å². The number of pyridine rings is 1. The van der Waals surface area contributed by atoms with E-state index in [-0.39, 0.29) is 10.8 Å². The molecule has 0 unspecified atom stereocenters. The van der Waals surface area contributed by atoms with Crippen LogP contribution in [0.3, 0.4) is 0 Å². The van der Waals surface area contributed by atoms with Gasteiger partial charge in [0, 0.05) is 50.7 Å². The van der Waals surface area contributed by atoms with Crippen LogP contribution in [0.1, 0.15) is 12.0 Å². The van der Waals surface area contributed by atoms with E-state index in [1.807, 2.05) is 19.2 Å². The lowest BCUT2D eigenvalue weighted by Crippen LogP contribution is -2.47. The van der Waals surface area contributed by atoms with Crippen molar-refractivity contribution in [1.29, 1.82) is 0 Å². The summed E-state index contributed by atoms with van der Waals surface area (Å²) in [7, 11) is -1.57. The first kappa shape index (κ1) is 19.5. The largest absolute Gasteiger partial charge is 0.326 e. The number of aryl methyl sites for hydroxylation is 1. The molecule has 27 heavy (non-hydrogen) atoms. The maximum absolute atomic E-state index is 12.8. The standard InChI is InChI=1S/C19H24N4O3S/c1-22-10-12-23(13-11-22)27(25,26)18-6-2-5-17(14-18)21-19(24)8-7-16-4-3-9-20-15-16/h2-6,9,14-15H,7-8,10-13H2,1H3,(H,21,24). The molecule has 1 aliphatic rings. The van der Waals surface area contributed by atoms with Crippen LogP contribution in [-0.4, -0.2) is 61.7 Å². The van der Waals surface area contributed by atoms with Gasteiger partial charge in [-0.1, -0.05) is 12.1 Å². The Kier molecular flexibility index (Phi) is 6.20. The highest BCUT2D eigenvalue weighted by molar-refractivity contribution is 7.89. The summed E-state index contributed by atoms with van der Waals surface area (Å²) in [6, 6.07) is 10.2. The number of likely N-dealkylation sites (N-methyl/N-ethyl adjacent to an activating group) is 1. The van der Waals surface area contributed by atoms with Crippen LogP contribution in [0, 0.1) is 0 Å². The van der Waals surface area contributed by atoms with E-state index in [0.717, 1.165) is 5.56 Å². The van der Waals surface area contributed by atoms with E-state index in [9.17, 15) is 13.2 Å². The summed E-state index contributed by atoms with van der Waals surface area (Å²) in [4.78, 5) is 18.5. The Morgan fingerprint density at radius 3 is 2.63 bits per heavy atom. The minimum atomic E-state index is -3.55. The van der Waals surface area contributed by atoms with Crippen molar-refractivity contribution in [3.8, 4) is 0 Å². The van der Waals surface area contributed by atoms with Crippen LogP contribution in [0.25, 0.3) is 0 Å². The third kappa shape index (κ3) is 5.12. The summed E-state index contributed by atoms with van der Waals surface area (Å²) >= 11 is 0. The van der Waals surface area contributed by atoms with Gasteiger partial charge in [0.1, 0.15) is 0 Å². The summed E-state index contributed by atoms with van der Waals surface area (Å²) in [5.41, 5.74) is 1.47. The lowest BCUT2D eigenvalue weighted by molar-refractivity contribution is -0.116. The molecule has 1 saturated heterocycles. The Hall–Kier alpha value is -2.29. The van der Waals surface area contributed by atoms with Crippen LogP contribution in [0.15, 0.2) is 53.7 Å². The Morgan fingerprint density at radius 1 is 1.15 bits per heavy atom. The summed E-state index contributed by atoms with van der Waals surface area (Å²) in [5, 5.41) is 2.78. The molecule has 1 aromatic heterocycles. The van der Waals surface area contributed by atoms with Gasteiger partial charge in [0.25, 0.3) is 0 Å². The SMILES string of the molecule is CN1CCN(S(=O)(=O)c2cccc(NC(=O)CCc3cccnc3)c2)CC1. The van der Waals surface area contributed by atoms with E-state index < -0.39 is 10.0 Å². The molecule has 2 aromatic rings. The molecule has 144 valence electrons. The predicted molar refractivity (Wildman–Crippen MR) is 104 cm³/mol. The average molecular weight is 388 g/mol. The van der Waals surface area contributed by atoms with E-state index >= 15 is 0 Å². The van der Waals surface area contributed by atoms with E-state index in [4.69, 9.17) is 0 Å². The first-order chi connectivity index (χ1) is 12.9. The van der Waals surface area contributed by atoms with Crippen LogP contribution in [0.2, 0.25) is 0 Å². The Bertz CT molecular complexity index is 879. The first-order valence-corrected chi connectivity index (χ1v) is 10.4. The van der Waals surface area contributed by atoms with Crippen LogP contribution < -0.4 is 5.32 Å². The van der Waals surface area contributed by atoms with E-state index in [1.165, 1.54) is 10.4 Å². The van der Waals surface area contributed by atoms with Crippen LogP contribution >= 0.6 is 0 Å². The quantitative estimate of drug-likeness (QED) is 0.813. The second-order valence-corrected chi connectivity index (χ2v) is 8.58. The summed E-state index contributed by atoms with van der Waals surface area (Å²) in [6.07, 6.45) is 4.31. The van der Waals surface area contributed by atoms with Gasteiger partial charge >= 0.3 is 0 Å². The molecule has 0 aliphatic carbocycles. The van der Waals surface area contributed by atoms with Gasteiger partial charge in [-0.15, -0.1) is 0 Å². The lowest BCUT2D eigenvalue weighted by atomic mass is 10.1. The lowest BCUT2D eigenvalue weighted by Gasteiger charge is -2.31. The first-order valence-electron chi connectivity index (χ1n) is 8.93. The Morgan fingerprint density at radius 2 is 1.93 bits per heavy atom. The van der Waals surface area contributed by atoms with Gasteiger partial charge in [0.15, 0.2) is 0 Å². The van der Waals surface area contributed by atoms with Gasteiger partial charge in [0.2, 0.25) is 15.9 Å². The highest BCUT2D eigenvalue weighted by Crippen LogP contribution is 2.21. The predicted octanol–water partition coefficient (Wildman–Crippen LogP) is 1.59. The molecule has 1 N–H and O–H groups in total. The summed E-state index contributed by atoms with van der Waals surface area (Å²) in [5.74, 6) is -0.159. The molecular formula is C19H24N4O3S. The maximum Gasteiger partial charge on any atom is 0.243 e. The van der Waals surface area contributed by atoms with Crippen molar-refractivity contribution in [2.24, 2.45) is 0 Å². The van der Waals surface area contributed by atoms with Gasteiger partial charge < -0.3 is 10.2 Å². The fourth-order valence-electron chi connectivity index (χ4n) is 2.94. The van der Waals surface area contributed by atoms with Crippen molar-refractivity contribution in [2.45, 2.75) is 17.7 Å². The molecule has 3 rings (SSSR count). The molecular weight excluding hydrogens is 364 g/mol. The topological polar surface area (TPSA) is 82.6 Å². The second-order valence-electron chi connectivity index (χ2n) is 6.64. The Balaban J connectivity index is 1.63. The number of hydrogen-bond acceptors (Lipinski definition) is 5. The van der Waals surface area contributed by atoms with Crippen molar-refractivity contribution in [3.63, 3.8) is 0 Å². The molecule has 0 radical (unpaired) electrons. The normalized spacial score (nSPS) is 16.2. The van der Waals surface area contributed by atoms with Gasteiger partial charge in [0.05, 0.1) is 4.90 Å². The van der Waals surface area contributed by atoms with Crippen LogP contribution in [-0.2, 0) is 21.2 Å². The zero-order valence-electron chi connectivity index (χ0n) is 15.3. The van der Waals surface area contributed by atoms with Gasteiger partial charge in [-0.25, -0.2) is 8.42 Å². The minimum absolute atomic E-state index is 0.159. The minimum Gasteiger partial charge on any atom is -0.326 e. The zero-order chi connectivity index (χ0) is 19.3. The highest BCUT2D eigenvalue weighted by Gasteiger charge is 2.27. The van der Waals surface area contributed by atoms with E-state index in [0.29, 0.717) is 44.7 Å². The molecule has 7 nitrogen and oxygen atoms in total. The van der Waals surface area contributed by atoms with Crippen molar-refractivity contribution >= 4 is 21.6 Å². The highest BCUT2D eigenvalue weighted by atomic mass is 32.2. The number of nitrogens with zero attached hydrogens (tertiary/aromatic N) is 3. The van der Waals surface area contributed by atoms with Crippen molar-refractivity contribution in [2.75, 3.05) is 38.5 Å². The number of carbonyl (C=O) groups is 1.